The van der Waals surface area contributed by atoms with Crippen molar-refractivity contribution in [2.24, 2.45) is 10.9 Å². The van der Waals surface area contributed by atoms with E-state index in [0.29, 0.717) is 0 Å². The van der Waals surface area contributed by atoms with Gasteiger partial charge in [-0.05, 0) is 25.1 Å². The lowest BCUT2D eigenvalue weighted by Crippen LogP contribution is -2.43. The average Bonchev–Trinajstić information content (AvgIpc) is 2.72. The summed E-state index contributed by atoms with van der Waals surface area (Å²) in [6.45, 7) is 2.99. The molecule has 2 rings (SSSR count). The number of ether oxygens (including phenoxy) is 1. The Balaban J connectivity index is 2.28. The van der Waals surface area contributed by atoms with Gasteiger partial charge in [-0.1, -0.05) is 5.16 Å². The second-order valence-corrected chi connectivity index (χ2v) is 4.94. The molecule has 2 amide bonds. The number of nitrogens with two attached hydrogens (primary N) is 1. The Bertz CT molecular complexity index is 664. The highest BCUT2D eigenvalue weighted by Gasteiger charge is 2.40. The first-order valence-electron chi connectivity index (χ1n) is 6.78. The van der Waals surface area contributed by atoms with Gasteiger partial charge in [-0.3, -0.25) is 9.69 Å². The molecule has 0 bridgehead atoms. The quantitative estimate of drug-likeness (QED) is 0.486. The fourth-order valence-corrected chi connectivity index (χ4v) is 2.27. The Hall–Kier alpha value is -2.84. The fraction of sp³-hybridized carbons (Fsp3) is 0.357. The van der Waals surface area contributed by atoms with E-state index in [4.69, 9.17) is 10.5 Å². The minimum absolute atomic E-state index is 0.0502. The first-order valence-corrected chi connectivity index (χ1v) is 6.78. The third-order valence-electron chi connectivity index (χ3n) is 3.31. The molecule has 1 unspecified atom stereocenters. The Morgan fingerprint density at radius 1 is 1.52 bits per heavy atom. The average molecular weight is 324 g/mol. The van der Waals surface area contributed by atoms with Gasteiger partial charge in [0.25, 0.3) is 0 Å². The molecule has 2 atom stereocenters. The lowest BCUT2D eigenvalue weighted by Gasteiger charge is -2.21. The molecular weight excluding hydrogens is 307 g/mol. The van der Waals surface area contributed by atoms with Crippen molar-refractivity contribution in [2.75, 3.05) is 12.0 Å². The van der Waals surface area contributed by atoms with Gasteiger partial charge >= 0.3 is 6.09 Å². The second-order valence-electron chi connectivity index (χ2n) is 4.94. The van der Waals surface area contributed by atoms with Gasteiger partial charge in [0, 0.05) is 6.92 Å². The SMILES string of the molecule is CON=C(N)c1ccc(N2C(=O)O[C@H](NC(C)=O)C2C)cc1F. The molecule has 1 heterocycles. The molecular formula is C14H17FN4O4. The van der Waals surface area contributed by atoms with Crippen LogP contribution in [0, 0.1) is 5.82 Å². The van der Waals surface area contributed by atoms with Gasteiger partial charge in [-0.25, -0.2) is 9.18 Å². The number of nitrogens with one attached hydrogen (secondary N) is 1. The molecule has 1 saturated heterocycles. The van der Waals surface area contributed by atoms with Crippen LogP contribution in [0.5, 0.6) is 0 Å². The van der Waals surface area contributed by atoms with Crippen molar-refractivity contribution in [1.82, 2.24) is 5.32 Å². The summed E-state index contributed by atoms with van der Waals surface area (Å²) in [4.78, 5) is 28.8. The lowest BCUT2D eigenvalue weighted by atomic mass is 10.1. The number of amidine groups is 1. The highest BCUT2D eigenvalue weighted by molar-refractivity contribution is 5.98. The van der Waals surface area contributed by atoms with Crippen LogP contribution in [-0.4, -0.2) is 37.2 Å². The second kappa shape index (κ2) is 6.51. The van der Waals surface area contributed by atoms with Gasteiger partial charge < -0.3 is 20.6 Å². The van der Waals surface area contributed by atoms with Crippen molar-refractivity contribution in [1.29, 1.82) is 0 Å². The van der Waals surface area contributed by atoms with Gasteiger partial charge in [0.15, 0.2) is 12.1 Å². The first kappa shape index (κ1) is 16.5. The van der Waals surface area contributed by atoms with Gasteiger partial charge in [-0.15, -0.1) is 0 Å². The summed E-state index contributed by atoms with van der Waals surface area (Å²) in [5, 5.41) is 5.97. The van der Waals surface area contributed by atoms with Crippen molar-refractivity contribution < 1.29 is 23.6 Å². The van der Waals surface area contributed by atoms with Gasteiger partial charge in [0.2, 0.25) is 5.91 Å². The Morgan fingerprint density at radius 2 is 2.22 bits per heavy atom. The van der Waals surface area contributed by atoms with Crippen molar-refractivity contribution in [3.05, 3.63) is 29.6 Å². The van der Waals surface area contributed by atoms with Gasteiger partial charge in [0.1, 0.15) is 12.9 Å². The van der Waals surface area contributed by atoms with Crippen LogP contribution < -0.4 is 16.0 Å². The minimum Gasteiger partial charge on any atom is -0.423 e. The van der Waals surface area contributed by atoms with Crippen LogP contribution >= 0.6 is 0 Å². The smallest absolute Gasteiger partial charge is 0.416 e. The van der Waals surface area contributed by atoms with Crippen LogP contribution in [0.4, 0.5) is 14.9 Å². The summed E-state index contributed by atoms with van der Waals surface area (Å²) in [6.07, 6.45) is -1.48. The summed E-state index contributed by atoms with van der Waals surface area (Å²) in [6, 6.07) is 3.53. The highest BCUT2D eigenvalue weighted by atomic mass is 19.1. The number of hydrogen-bond donors (Lipinski definition) is 2. The minimum atomic E-state index is -0.803. The number of oxime groups is 1. The lowest BCUT2D eigenvalue weighted by molar-refractivity contribution is -0.121. The van der Waals surface area contributed by atoms with E-state index in [2.05, 4.69) is 15.3 Å². The predicted octanol–water partition coefficient (Wildman–Crippen LogP) is 0.900. The monoisotopic (exact) mass is 324 g/mol. The highest BCUT2D eigenvalue weighted by Crippen LogP contribution is 2.27. The zero-order valence-corrected chi connectivity index (χ0v) is 12.9. The molecule has 3 N–H and O–H groups in total. The third-order valence-corrected chi connectivity index (χ3v) is 3.31. The number of halogens is 1. The van der Waals surface area contributed by atoms with E-state index in [-0.39, 0.29) is 23.0 Å². The van der Waals surface area contributed by atoms with Crippen molar-refractivity contribution >= 4 is 23.5 Å². The summed E-state index contributed by atoms with van der Waals surface area (Å²) in [5.41, 5.74) is 5.90. The van der Waals surface area contributed by atoms with E-state index < -0.39 is 24.2 Å². The van der Waals surface area contributed by atoms with E-state index in [1.165, 1.54) is 31.1 Å². The van der Waals surface area contributed by atoms with Crippen molar-refractivity contribution in [3.8, 4) is 0 Å². The summed E-state index contributed by atoms with van der Waals surface area (Å²) in [5.74, 6) is -1.12. The van der Waals surface area contributed by atoms with E-state index in [9.17, 15) is 14.0 Å². The number of anilines is 1. The molecule has 0 saturated carbocycles. The van der Waals surface area contributed by atoms with Crippen LogP contribution in [-0.2, 0) is 14.4 Å². The molecule has 0 spiro atoms. The zero-order valence-electron chi connectivity index (χ0n) is 12.9. The number of hydrogen-bond acceptors (Lipinski definition) is 5. The molecule has 0 aliphatic carbocycles. The maximum Gasteiger partial charge on any atom is 0.416 e. The maximum atomic E-state index is 14.2. The van der Waals surface area contributed by atoms with Crippen LogP contribution in [0.15, 0.2) is 23.4 Å². The topological polar surface area (TPSA) is 106 Å². The molecule has 9 heteroatoms. The molecule has 0 aromatic heterocycles. The Morgan fingerprint density at radius 3 is 2.78 bits per heavy atom. The Kier molecular flexibility index (Phi) is 4.68. The molecule has 124 valence electrons. The largest absolute Gasteiger partial charge is 0.423 e. The van der Waals surface area contributed by atoms with E-state index >= 15 is 0 Å². The molecule has 1 aliphatic rings. The van der Waals surface area contributed by atoms with E-state index in [0.717, 1.165) is 6.07 Å². The van der Waals surface area contributed by atoms with E-state index in [1.54, 1.807) is 6.92 Å². The number of rotatable bonds is 4. The molecule has 23 heavy (non-hydrogen) atoms. The molecule has 0 radical (unpaired) electrons. The Labute approximate surface area is 132 Å². The van der Waals surface area contributed by atoms with Gasteiger partial charge in [0.05, 0.1) is 17.3 Å². The van der Waals surface area contributed by atoms with Crippen molar-refractivity contribution in [3.63, 3.8) is 0 Å². The molecule has 8 nitrogen and oxygen atoms in total. The van der Waals surface area contributed by atoms with E-state index in [1.807, 2.05) is 0 Å². The summed E-state index contributed by atoms with van der Waals surface area (Å²) in [7, 11) is 1.29. The van der Waals surface area contributed by atoms with Gasteiger partial charge in [-0.2, -0.15) is 0 Å². The number of carbonyl (C=O) groups is 2. The molecule has 1 aromatic carbocycles. The molecule has 1 aromatic rings. The van der Waals surface area contributed by atoms with Crippen LogP contribution in [0.1, 0.15) is 19.4 Å². The normalized spacial score (nSPS) is 21.1. The van der Waals surface area contributed by atoms with Crippen molar-refractivity contribution in [2.45, 2.75) is 26.1 Å². The number of nitrogens with zero attached hydrogens (tertiary/aromatic N) is 2. The maximum absolute atomic E-state index is 14.2. The standard InChI is InChI=1S/C14H17FN4O4/c1-7-13(17-8(2)20)23-14(21)19(7)9-4-5-10(11(15)6-9)12(16)18-22-3/h4-7,13H,1-3H3,(H2,16,18)(H,17,20)/t7?,13-/m0/s1. The first-order chi connectivity index (χ1) is 10.8. The number of carbonyl (C=O) groups excluding carboxylic acids is 2. The molecule has 1 aliphatic heterocycles. The zero-order chi connectivity index (χ0) is 17.1. The molecule has 1 fully saturated rings. The summed E-state index contributed by atoms with van der Waals surface area (Å²) >= 11 is 0. The third kappa shape index (κ3) is 3.33. The predicted molar refractivity (Wildman–Crippen MR) is 80.2 cm³/mol. The number of benzene rings is 1. The van der Waals surface area contributed by atoms with Crippen LogP contribution in [0.25, 0.3) is 0 Å². The number of amides is 2. The fourth-order valence-electron chi connectivity index (χ4n) is 2.27. The number of cyclic esters (lactones) is 1. The van der Waals surface area contributed by atoms with Crippen LogP contribution in [0.3, 0.4) is 0 Å². The summed E-state index contributed by atoms with van der Waals surface area (Å²) < 4.78 is 19.2. The van der Waals surface area contributed by atoms with Crippen LogP contribution in [0.2, 0.25) is 0 Å².